The molecule has 0 atom stereocenters. The number of nitriles is 1. The van der Waals surface area contributed by atoms with Crippen LogP contribution in [0.15, 0.2) is 28.9 Å². The van der Waals surface area contributed by atoms with Crippen LogP contribution in [0.4, 0.5) is 5.13 Å². The van der Waals surface area contributed by atoms with E-state index in [2.05, 4.69) is 14.7 Å². The molecule has 1 aromatic heterocycles. The zero-order chi connectivity index (χ0) is 23.2. The molecule has 0 bridgehead atoms. The fraction of sp³-hybridized carbons (Fsp3) is 0.294. The second-order valence-corrected chi connectivity index (χ2v) is 10.3. The summed E-state index contributed by atoms with van der Waals surface area (Å²) in [7, 11) is -7.41. The van der Waals surface area contributed by atoms with Crippen molar-refractivity contribution in [1.82, 2.24) is 9.36 Å². The average molecular weight is 487 g/mol. The van der Waals surface area contributed by atoms with E-state index in [9.17, 15) is 26.9 Å². The van der Waals surface area contributed by atoms with Crippen molar-refractivity contribution in [2.24, 2.45) is 0 Å². The summed E-state index contributed by atoms with van der Waals surface area (Å²) in [6.45, 7) is 3.35. The third-order valence-corrected chi connectivity index (χ3v) is 6.20. The molecule has 0 aliphatic heterocycles. The van der Waals surface area contributed by atoms with Crippen LogP contribution >= 0.6 is 11.5 Å². The molecule has 0 aliphatic rings. The van der Waals surface area contributed by atoms with Crippen LogP contribution < -0.4 is 14.2 Å². The van der Waals surface area contributed by atoms with Gasteiger partial charge in [0.2, 0.25) is 15.0 Å². The van der Waals surface area contributed by atoms with Gasteiger partial charge in [0, 0.05) is 11.5 Å². The number of hydrogen-bond acceptors (Lipinski definition) is 11. The Bertz CT molecular complexity index is 1260. The number of aromatic nitrogens is 2. The number of nitrogens with zero attached hydrogens (tertiary/aromatic N) is 3. The van der Waals surface area contributed by atoms with E-state index in [1.807, 2.05) is 0 Å². The first kappa shape index (κ1) is 24.3. The van der Waals surface area contributed by atoms with E-state index >= 15 is 0 Å². The third-order valence-electron chi connectivity index (χ3n) is 3.47. The van der Waals surface area contributed by atoms with Gasteiger partial charge in [-0.25, -0.2) is 8.42 Å². The summed E-state index contributed by atoms with van der Waals surface area (Å²) in [5.74, 6) is -0.948. The summed E-state index contributed by atoms with van der Waals surface area (Å²) in [4.78, 5) is 16.2. The molecule has 1 N–H and O–H groups in total. The van der Waals surface area contributed by atoms with Crippen LogP contribution in [0.25, 0.3) is 6.08 Å². The van der Waals surface area contributed by atoms with Gasteiger partial charge in [-0.1, -0.05) is 13.0 Å². The van der Waals surface area contributed by atoms with Gasteiger partial charge in [-0.05, 0) is 30.7 Å². The summed E-state index contributed by atoms with van der Waals surface area (Å²) in [6, 6.07) is 5.92. The maximum atomic E-state index is 12.4. The molecule has 0 radical (unpaired) electrons. The molecule has 31 heavy (non-hydrogen) atoms. The second-order valence-electron chi connectivity index (χ2n) is 5.84. The van der Waals surface area contributed by atoms with Gasteiger partial charge in [0.05, 0.1) is 18.6 Å². The predicted molar refractivity (Wildman–Crippen MR) is 113 cm³/mol. The van der Waals surface area contributed by atoms with Gasteiger partial charge in [-0.3, -0.25) is 10.1 Å². The largest absolute Gasteiger partial charge is 0.490 e. The minimum atomic E-state index is -3.78. The van der Waals surface area contributed by atoms with E-state index in [0.29, 0.717) is 17.1 Å². The summed E-state index contributed by atoms with van der Waals surface area (Å²) < 4.78 is 60.2. The molecule has 0 spiro atoms. The summed E-state index contributed by atoms with van der Waals surface area (Å²) >= 11 is 0.668. The van der Waals surface area contributed by atoms with E-state index in [4.69, 9.17) is 8.92 Å². The van der Waals surface area contributed by atoms with E-state index in [1.54, 1.807) is 13.0 Å². The maximum absolute atomic E-state index is 12.4. The molecule has 11 nitrogen and oxygen atoms in total. The van der Waals surface area contributed by atoms with Crippen LogP contribution in [0.5, 0.6) is 11.5 Å². The van der Waals surface area contributed by atoms with Crippen molar-refractivity contribution in [2.75, 3.05) is 23.9 Å². The molecule has 14 heteroatoms. The molecule has 0 saturated carbocycles. The lowest BCUT2D eigenvalue weighted by Gasteiger charge is -2.11. The number of nitrogens with one attached hydrogen (secondary N) is 1. The number of hydrogen-bond donors (Lipinski definition) is 1. The summed E-state index contributed by atoms with van der Waals surface area (Å²) in [5.41, 5.74) is 0.0526. The predicted octanol–water partition coefficient (Wildman–Crippen LogP) is 1.61. The van der Waals surface area contributed by atoms with Gasteiger partial charge in [-0.2, -0.15) is 23.0 Å². The lowest BCUT2D eigenvalue weighted by atomic mass is 10.1. The Balaban J connectivity index is 2.29. The van der Waals surface area contributed by atoms with Crippen LogP contribution in [0.2, 0.25) is 0 Å². The van der Waals surface area contributed by atoms with Crippen LogP contribution in [0.3, 0.4) is 0 Å². The van der Waals surface area contributed by atoms with Crippen molar-refractivity contribution in [3.8, 4) is 17.6 Å². The molecular weight excluding hydrogens is 468 g/mol. The third kappa shape index (κ3) is 6.74. The van der Waals surface area contributed by atoms with Crippen molar-refractivity contribution < 1.29 is 30.6 Å². The Morgan fingerprint density at radius 1 is 1.26 bits per heavy atom. The van der Waals surface area contributed by atoms with E-state index in [1.165, 1.54) is 31.2 Å². The van der Waals surface area contributed by atoms with Crippen molar-refractivity contribution in [1.29, 1.82) is 5.26 Å². The van der Waals surface area contributed by atoms with Crippen LogP contribution in [-0.2, 0) is 24.7 Å². The zero-order valence-corrected chi connectivity index (χ0v) is 19.1. The first-order valence-electron chi connectivity index (χ1n) is 8.65. The lowest BCUT2D eigenvalue weighted by Crippen LogP contribution is -2.14. The SMILES string of the molecule is CCOc1cc(/C=C(/C#N)C(=O)Nc2nc(S(=O)(=O)CC)ns2)ccc1OS(C)(=O)=O. The Hall–Kier alpha value is -3.02. The van der Waals surface area contributed by atoms with Gasteiger partial charge in [0.25, 0.3) is 11.1 Å². The smallest absolute Gasteiger partial charge is 0.306 e. The molecule has 0 saturated heterocycles. The molecule has 0 fully saturated rings. The minimum Gasteiger partial charge on any atom is -0.490 e. The number of anilines is 1. The zero-order valence-electron chi connectivity index (χ0n) is 16.6. The average Bonchev–Trinajstić information content (AvgIpc) is 3.16. The standard InChI is InChI=1S/C17H18N4O7S3/c1-4-27-14-9-11(6-7-13(14)28-30(3,23)24)8-12(10-18)15(22)19-16-20-17(21-29-16)31(25,26)5-2/h6-9H,4-5H2,1-3H3,(H,19,20,21,22)/b12-8-. The fourth-order valence-corrected chi connectivity index (χ4v) is 4.16. The van der Waals surface area contributed by atoms with Crippen LogP contribution in [0, 0.1) is 11.3 Å². The fourth-order valence-electron chi connectivity index (χ4n) is 2.11. The Morgan fingerprint density at radius 2 is 1.97 bits per heavy atom. The van der Waals surface area contributed by atoms with Gasteiger partial charge in [0.15, 0.2) is 11.5 Å². The topological polar surface area (TPSA) is 165 Å². The first-order chi connectivity index (χ1) is 14.5. The molecule has 2 rings (SSSR count). The highest BCUT2D eigenvalue weighted by Gasteiger charge is 2.20. The number of rotatable bonds is 9. The number of sulfone groups is 1. The minimum absolute atomic E-state index is 0.0389. The highest BCUT2D eigenvalue weighted by molar-refractivity contribution is 7.91. The van der Waals surface area contributed by atoms with Crippen molar-refractivity contribution in [3.05, 3.63) is 29.3 Å². The van der Waals surface area contributed by atoms with Crippen molar-refractivity contribution in [2.45, 2.75) is 19.0 Å². The van der Waals surface area contributed by atoms with Gasteiger partial charge < -0.3 is 8.92 Å². The molecule has 0 unspecified atom stereocenters. The molecule has 1 heterocycles. The Morgan fingerprint density at radius 3 is 2.55 bits per heavy atom. The number of carbonyl (C=O) groups excluding carboxylic acids is 1. The van der Waals surface area contributed by atoms with E-state index in [0.717, 1.165) is 6.26 Å². The first-order valence-corrected chi connectivity index (χ1v) is 12.9. The molecule has 1 aromatic carbocycles. The van der Waals surface area contributed by atoms with Gasteiger partial charge in [-0.15, -0.1) is 0 Å². The normalized spacial score (nSPS) is 12.1. The molecule has 1 amide bonds. The Kier molecular flexibility index (Phi) is 7.71. The van der Waals surface area contributed by atoms with E-state index < -0.39 is 31.0 Å². The quantitative estimate of drug-likeness (QED) is 0.312. The number of carbonyl (C=O) groups is 1. The van der Waals surface area contributed by atoms with E-state index in [-0.39, 0.29) is 34.6 Å². The van der Waals surface area contributed by atoms with Crippen molar-refractivity contribution in [3.63, 3.8) is 0 Å². The number of benzene rings is 1. The molecular formula is C17H18N4O7S3. The monoisotopic (exact) mass is 486 g/mol. The number of amides is 1. The lowest BCUT2D eigenvalue weighted by molar-refractivity contribution is -0.112. The van der Waals surface area contributed by atoms with Gasteiger partial charge in [0.1, 0.15) is 11.6 Å². The van der Waals surface area contributed by atoms with Crippen molar-refractivity contribution >= 4 is 48.6 Å². The van der Waals surface area contributed by atoms with Gasteiger partial charge >= 0.3 is 10.1 Å². The second kappa shape index (κ2) is 9.86. The molecule has 166 valence electrons. The highest BCUT2D eigenvalue weighted by Crippen LogP contribution is 2.30. The summed E-state index contributed by atoms with van der Waals surface area (Å²) in [6.07, 6.45) is 2.13. The maximum Gasteiger partial charge on any atom is 0.306 e. The molecule has 0 aliphatic carbocycles. The van der Waals surface area contributed by atoms with Crippen LogP contribution in [-0.4, -0.2) is 50.7 Å². The summed E-state index contributed by atoms with van der Waals surface area (Å²) in [5, 5.41) is 11.2. The number of ether oxygens (including phenoxy) is 1. The Labute approximate surface area is 183 Å². The molecule has 2 aromatic rings. The van der Waals surface area contributed by atoms with Crippen LogP contribution in [0.1, 0.15) is 19.4 Å². The highest BCUT2D eigenvalue weighted by atomic mass is 32.2.